The largest absolute Gasteiger partial charge is 0.507 e. The van der Waals surface area contributed by atoms with Crippen LogP contribution < -0.4 is 9.47 Å². The second-order valence-electron chi connectivity index (χ2n) is 7.84. The zero-order valence-electron chi connectivity index (χ0n) is 19.0. The Morgan fingerprint density at radius 2 is 1.83 bits per heavy atom. The maximum absolute atomic E-state index is 13.3. The molecule has 0 aliphatic carbocycles. The van der Waals surface area contributed by atoms with Crippen molar-refractivity contribution in [1.82, 2.24) is 9.88 Å². The van der Waals surface area contributed by atoms with Gasteiger partial charge in [-0.25, -0.2) is 4.39 Å². The third-order valence-corrected chi connectivity index (χ3v) is 6.12. The summed E-state index contributed by atoms with van der Waals surface area (Å²) in [5.41, 5.74) is 1.37. The number of pyridine rings is 1. The molecule has 180 valence electrons. The third-order valence-electron chi connectivity index (χ3n) is 5.82. The summed E-state index contributed by atoms with van der Waals surface area (Å²) in [6.07, 6.45) is 3.48. The molecule has 1 aliphatic rings. The first-order valence-corrected chi connectivity index (χ1v) is 11.1. The number of benzene rings is 2. The van der Waals surface area contributed by atoms with Crippen molar-refractivity contribution < 1.29 is 28.6 Å². The number of ether oxygens (including phenoxy) is 2. The molecule has 0 radical (unpaired) electrons. The number of nitrogens with zero attached hydrogens (tertiary/aromatic N) is 2. The van der Waals surface area contributed by atoms with Gasteiger partial charge in [0.15, 0.2) is 0 Å². The lowest BCUT2D eigenvalue weighted by atomic mass is 9.95. The van der Waals surface area contributed by atoms with Crippen LogP contribution in [0.4, 0.5) is 4.39 Å². The number of carbonyl (C=O) groups is 2. The maximum atomic E-state index is 13.3. The highest BCUT2D eigenvalue weighted by Gasteiger charge is 2.46. The molecule has 35 heavy (non-hydrogen) atoms. The molecule has 1 aliphatic heterocycles. The Labute approximate surface area is 206 Å². The van der Waals surface area contributed by atoms with Crippen LogP contribution in [0.3, 0.4) is 0 Å². The van der Waals surface area contributed by atoms with E-state index in [4.69, 9.17) is 21.1 Å². The number of aliphatic hydroxyl groups excluding tert-OH is 1. The van der Waals surface area contributed by atoms with E-state index < -0.39 is 23.5 Å². The number of ketones is 1. The zero-order valence-corrected chi connectivity index (χ0v) is 19.8. The highest BCUT2D eigenvalue weighted by Crippen LogP contribution is 2.42. The topological polar surface area (TPSA) is 89.0 Å². The molecule has 0 bridgehead atoms. The summed E-state index contributed by atoms with van der Waals surface area (Å²) in [4.78, 5) is 31.8. The van der Waals surface area contributed by atoms with E-state index in [1.165, 1.54) is 49.6 Å². The molecule has 1 amide bonds. The summed E-state index contributed by atoms with van der Waals surface area (Å²) in [5.74, 6) is -1.86. The molecular formula is C26H22ClFN2O5. The summed E-state index contributed by atoms with van der Waals surface area (Å²) < 4.78 is 23.9. The lowest BCUT2D eigenvalue weighted by Gasteiger charge is -2.25. The normalized spacial score (nSPS) is 17.0. The van der Waals surface area contributed by atoms with Crippen LogP contribution in [0.15, 0.2) is 66.5 Å². The van der Waals surface area contributed by atoms with E-state index in [1.807, 2.05) is 0 Å². The number of methoxy groups -OCH3 is 2. The van der Waals surface area contributed by atoms with Gasteiger partial charge in [0, 0.05) is 25.0 Å². The Hall–Kier alpha value is -3.91. The van der Waals surface area contributed by atoms with E-state index in [0.29, 0.717) is 17.7 Å². The molecule has 1 saturated heterocycles. The SMILES string of the molecule is COc1cc(OC)c(/C(O)=C2\C(=O)C(=O)N(CCc3ccc(F)cc3)C2c2cccnc2)cc1Cl. The minimum Gasteiger partial charge on any atom is -0.507 e. The molecule has 3 aromatic rings. The van der Waals surface area contributed by atoms with Crippen LogP contribution in [-0.4, -0.2) is 47.4 Å². The van der Waals surface area contributed by atoms with Crippen LogP contribution in [-0.2, 0) is 16.0 Å². The Morgan fingerprint density at radius 1 is 1.11 bits per heavy atom. The molecule has 2 heterocycles. The predicted molar refractivity (Wildman–Crippen MR) is 128 cm³/mol. The summed E-state index contributed by atoms with van der Waals surface area (Å²) in [6.45, 7) is 0.160. The van der Waals surface area contributed by atoms with Crippen molar-refractivity contribution in [3.63, 3.8) is 0 Å². The summed E-state index contributed by atoms with van der Waals surface area (Å²) in [6, 6.07) is 11.3. The number of aromatic nitrogens is 1. The lowest BCUT2D eigenvalue weighted by Crippen LogP contribution is -2.31. The monoisotopic (exact) mass is 496 g/mol. The molecule has 7 nitrogen and oxygen atoms in total. The average Bonchev–Trinajstić information content (AvgIpc) is 3.13. The number of hydrogen-bond acceptors (Lipinski definition) is 6. The predicted octanol–water partition coefficient (Wildman–Crippen LogP) is 4.56. The molecule has 0 spiro atoms. The Bertz CT molecular complexity index is 1300. The van der Waals surface area contributed by atoms with Crippen molar-refractivity contribution >= 4 is 29.1 Å². The van der Waals surface area contributed by atoms with E-state index in [9.17, 15) is 19.1 Å². The fourth-order valence-electron chi connectivity index (χ4n) is 4.09. The molecule has 1 fully saturated rings. The number of hydrogen-bond donors (Lipinski definition) is 1. The standard InChI is InChI=1S/C26H22ClFN2O5/c1-34-20-13-21(35-2)19(27)12-18(20)24(31)22-23(16-4-3-10-29-14-16)30(26(33)25(22)32)11-9-15-5-7-17(28)8-6-15/h3-8,10,12-14,23,31H,9,11H2,1-2H3/b24-22+. The number of amides is 1. The molecule has 4 rings (SSSR count). The van der Waals surface area contributed by atoms with Crippen molar-refractivity contribution in [1.29, 1.82) is 0 Å². The van der Waals surface area contributed by atoms with Gasteiger partial charge in [-0.2, -0.15) is 0 Å². The van der Waals surface area contributed by atoms with E-state index >= 15 is 0 Å². The van der Waals surface area contributed by atoms with Crippen molar-refractivity contribution in [2.24, 2.45) is 0 Å². The van der Waals surface area contributed by atoms with Gasteiger partial charge in [0.25, 0.3) is 11.7 Å². The van der Waals surface area contributed by atoms with E-state index in [1.54, 1.807) is 30.5 Å². The first kappa shape index (κ1) is 24.2. The molecular weight excluding hydrogens is 475 g/mol. The van der Waals surface area contributed by atoms with Crippen molar-refractivity contribution in [2.45, 2.75) is 12.5 Å². The molecule has 1 unspecified atom stereocenters. The number of likely N-dealkylation sites (tertiary alicyclic amines) is 1. The quantitative estimate of drug-likeness (QED) is 0.293. The molecule has 1 N–H and O–H groups in total. The second-order valence-corrected chi connectivity index (χ2v) is 8.25. The fourth-order valence-corrected chi connectivity index (χ4v) is 4.33. The van der Waals surface area contributed by atoms with Gasteiger partial charge in [0.05, 0.1) is 36.4 Å². The molecule has 0 saturated carbocycles. The lowest BCUT2D eigenvalue weighted by molar-refractivity contribution is -0.139. The second kappa shape index (κ2) is 10.1. The van der Waals surface area contributed by atoms with E-state index in [-0.39, 0.29) is 34.3 Å². The first-order valence-electron chi connectivity index (χ1n) is 10.7. The van der Waals surface area contributed by atoms with E-state index in [0.717, 1.165) is 5.56 Å². The van der Waals surface area contributed by atoms with Gasteiger partial charge < -0.3 is 19.5 Å². The van der Waals surface area contributed by atoms with Crippen LogP contribution in [0.25, 0.3) is 5.76 Å². The third kappa shape index (κ3) is 4.70. The van der Waals surface area contributed by atoms with Gasteiger partial charge in [0.2, 0.25) is 0 Å². The highest BCUT2D eigenvalue weighted by molar-refractivity contribution is 6.46. The molecule has 9 heteroatoms. The first-order chi connectivity index (χ1) is 16.8. The van der Waals surface area contributed by atoms with Gasteiger partial charge >= 0.3 is 0 Å². The Balaban J connectivity index is 1.81. The average molecular weight is 497 g/mol. The number of rotatable bonds is 7. The number of halogens is 2. The maximum Gasteiger partial charge on any atom is 0.295 e. The van der Waals surface area contributed by atoms with Crippen molar-refractivity contribution in [3.8, 4) is 11.5 Å². The van der Waals surface area contributed by atoms with Gasteiger partial charge in [-0.05, 0) is 41.8 Å². The van der Waals surface area contributed by atoms with Gasteiger partial charge in [-0.15, -0.1) is 0 Å². The van der Waals surface area contributed by atoms with Gasteiger partial charge in [-0.1, -0.05) is 29.8 Å². The number of aliphatic hydroxyl groups is 1. The minimum atomic E-state index is -0.894. The van der Waals surface area contributed by atoms with Crippen LogP contribution in [0.2, 0.25) is 5.02 Å². The van der Waals surface area contributed by atoms with Crippen LogP contribution in [0, 0.1) is 5.82 Å². The van der Waals surface area contributed by atoms with Crippen molar-refractivity contribution in [3.05, 3.63) is 94.0 Å². The Morgan fingerprint density at radius 3 is 2.46 bits per heavy atom. The Kier molecular flexibility index (Phi) is 7.02. The molecule has 1 atom stereocenters. The van der Waals surface area contributed by atoms with Crippen LogP contribution in [0.1, 0.15) is 22.7 Å². The fraction of sp³-hybridized carbons (Fsp3) is 0.192. The van der Waals surface area contributed by atoms with E-state index in [2.05, 4.69) is 4.98 Å². The van der Waals surface area contributed by atoms with Gasteiger partial charge in [-0.3, -0.25) is 14.6 Å². The smallest absolute Gasteiger partial charge is 0.295 e. The zero-order chi connectivity index (χ0) is 25.1. The molecule has 1 aromatic heterocycles. The summed E-state index contributed by atoms with van der Waals surface area (Å²) in [5, 5.41) is 11.5. The van der Waals surface area contributed by atoms with Gasteiger partial charge in [0.1, 0.15) is 23.1 Å². The molecule has 2 aromatic carbocycles. The highest BCUT2D eigenvalue weighted by atomic mass is 35.5. The number of carbonyl (C=O) groups excluding carboxylic acids is 2. The number of Topliss-reactive ketones (excluding diaryl/α,β-unsaturated/α-hetero) is 1. The van der Waals surface area contributed by atoms with Crippen molar-refractivity contribution in [2.75, 3.05) is 20.8 Å². The summed E-state index contributed by atoms with van der Waals surface area (Å²) >= 11 is 6.27. The minimum absolute atomic E-state index is 0.110. The van der Waals surface area contributed by atoms with Crippen LogP contribution in [0.5, 0.6) is 11.5 Å². The summed E-state index contributed by atoms with van der Waals surface area (Å²) in [7, 11) is 2.84. The van der Waals surface area contributed by atoms with Crippen LogP contribution >= 0.6 is 11.6 Å².